The highest BCUT2D eigenvalue weighted by atomic mass is 35.5. The minimum atomic E-state index is -0.372. The van der Waals surface area contributed by atoms with Gasteiger partial charge in [0.05, 0.1) is 0 Å². The first-order chi connectivity index (χ1) is 8.74. The van der Waals surface area contributed by atoms with E-state index < -0.39 is 0 Å². The molecule has 1 aromatic carbocycles. The number of nitrogens with one attached hydrogen (secondary N) is 1. The second-order valence-corrected chi connectivity index (χ2v) is 4.41. The molecule has 1 aliphatic carbocycles. The van der Waals surface area contributed by atoms with Gasteiger partial charge in [0.25, 0.3) is 0 Å². The molecule has 1 fully saturated rings. The van der Waals surface area contributed by atoms with Gasteiger partial charge in [-0.2, -0.15) is 0 Å². The molecular weight excluding hydrogens is 266 g/mol. The van der Waals surface area contributed by atoms with E-state index in [2.05, 4.69) is 0 Å². The van der Waals surface area contributed by atoms with Crippen molar-refractivity contribution in [2.45, 2.75) is 38.2 Å². The van der Waals surface area contributed by atoms with Crippen LogP contribution < -0.4 is 4.74 Å². The molecule has 0 aliphatic heterocycles. The summed E-state index contributed by atoms with van der Waals surface area (Å²) in [5.74, 6) is 0.114. The van der Waals surface area contributed by atoms with E-state index in [1.54, 1.807) is 12.1 Å². The van der Waals surface area contributed by atoms with Crippen molar-refractivity contribution in [3.8, 4) is 5.75 Å². The smallest absolute Gasteiger partial charge is 0.315 e. The fourth-order valence-corrected chi connectivity index (χ4v) is 2.03. The van der Waals surface area contributed by atoms with Crippen molar-refractivity contribution in [1.82, 2.24) is 0 Å². The van der Waals surface area contributed by atoms with Crippen LogP contribution in [0.3, 0.4) is 0 Å². The number of carbonyl (C=O) groups is 1. The molecule has 4 nitrogen and oxygen atoms in total. The van der Waals surface area contributed by atoms with Crippen LogP contribution in [0.1, 0.15) is 32.1 Å². The minimum Gasteiger partial charge on any atom is -0.462 e. The second-order valence-electron chi connectivity index (χ2n) is 4.41. The number of rotatable bonds is 4. The van der Waals surface area contributed by atoms with Gasteiger partial charge in [-0.15, -0.1) is 12.4 Å². The standard InChI is InChI=1S/C14H17NO3.ClH/c15-13(17-11-6-2-1-3-7-11)10-14(16)18-12-8-4-5-9-12;/h1-3,6-7,12,15H,4-5,8-10H2;1H. The first-order valence-electron chi connectivity index (χ1n) is 6.24. The zero-order chi connectivity index (χ0) is 12.8. The average Bonchev–Trinajstić information content (AvgIpc) is 2.82. The number of hydrogen-bond donors (Lipinski definition) is 1. The number of ether oxygens (including phenoxy) is 2. The van der Waals surface area contributed by atoms with Gasteiger partial charge < -0.3 is 9.47 Å². The molecule has 0 bridgehead atoms. The van der Waals surface area contributed by atoms with E-state index in [9.17, 15) is 4.79 Å². The number of halogens is 1. The lowest BCUT2D eigenvalue weighted by Crippen LogP contribution is -2.19. The van der Waals surface area contributed by atoms with Crippen molar-refractivity contribution in [2.24, 2.45) is 0 Å². The lowest BCUT2D eigenvalue weighted by Gasteiger charge is -2.11. The molecule has 1 N–H and O–H groups in total. The molecule has 104 valence electrons. The van der Waals surface area contributed by atoms with E-state index in [1.807, 2.05) is 18.2 Å². The largest absolute Gasteiger partial charge is 0.462 e. The summed E-state index contributed by atoms with van der Waals surface area (Å²) in [6.07, 6.45) is 4.07. The van der Waals surface area contributed by atoms with Gasteiger partial charge in [0.15, 0.2) is 5.90 Å². The molecule has 0 atom stereocenters. The lowest BCUT2D eigenvalue weighted by atomic mass is 10.3. The van der Waals surface area contributed by atoms with Gasteiger partial charge in [-0.1, -0.05) is 18.2 Å². The van der Waals surface area contributed by atoms with Gasteiger partial charge in [-0.05, 0) is 37.8 Å². The Labute approximate surface area is 119 Å². The Morgan fingerprint density at radius 1 is 1.21 bits per heavy atom. The summed E-state index contributed by atoms with van der Waals surface area (Å²) >= 11 is 0. The van der Waals surface area contributed by atoms with E-state index in [0.29, 0.717) is 5.75 Å². The van der Waals surface area contributed by atoms with Crippen LogP contribution in [-0.4, -0.2) is 18.0 Å². The Balaban J connectivity index is 0.00000180. The molecule has 0 saturated heterocycles. The van der Waals surface area contributed by atoms with Crippen LogP contribution in [0.15, 0.2) is 30.3 Å². The number of carbonyl (C=O) groups excluding carboxylic acids is 1. The third-order valence-corrected chi connectivity index (χ3v) is 2.89. The third kappa shape index (κ3) is 5.30. The lowest BCUT2D eigenvalue weighted by molar-refractivity contribution is -0.147. The first kappa shape index (κ1) is 15.5. The molecule has 0 heterocycles. The van der Waals surface area contributed by atoms with Crippen LogP contribution in [0.4, 0.5) is 0 Å². The summed E-state index contributed by atoms with van der Waals surface area (Å²) in [4.78, 5) is 11.6. The summed E-state index contributed by atoms with van der Waals surface area (Å²) in [6, 6.07) is 9.00. The third-order valence-electron chi connectivity index (χ3n) is 2.89. The number of para-hydroxylation sites is 1. The van der Waals surface area contributed by atoms with Crippen molar-refractivity contribution in [3.05, 3.63) is 30.3 Å². The molecule has 2 rings (SSSR count). The molecule has 0 aromatic heterocycles. The molecule has 19 heavy (non-hydrogen) atoms. The van der Waals surface area contributed by atoms with Gasteiger partial charge in [0.1, 0.15) is 18.3 Å². The summed E-state index contributed by atoms with van der Waals surface area (Å²) in [5, 5.41) is 7.61. The van der Waals surface area contributed by atoms with Crippen molar-refractivity contribution in [1.29, 1.82) is 5.41 Å². The minimum absolute atomic E-state index is 0. The number of hydrogen-bond acceptors (Lipinski definition) is 4. The monoisotopic (exact) mass is 283 g/mol. The number of esters is 1. The SMILES string of the molecule is Cl.N=C(CC(=O)OC1CCCC1)Oc1ccccc1. The highest BCUT2D eigenvalue weighted by molar-refractivity contribution is 5.93. The molecule has 1 aromatic rings. The maximum absolute atomic E-state index is 11.6. The van der Waals surface area contributed by atoms with E-state index in [-0.39, 0.29) is 36.8 Å². The Kier molecular flexibility index (Phi) is 6.36. The van der Waals surface area contributed by atoms with Crippen molar-refractivity contribution < 1.29 is 14.3 Å². The molecule has 0 amide bonds. The van der Waals surface area contributed by atoms with Gasteiger partial charge in [-0.3, -0.25) is 10.2 Å². The van der Waals surface area contributed by atoms with Gasteiger partial charge in [0.2, 0.25) is 0 Å². The van der Waals surface area contributed by atoms with E-state index >= 15 is 0 Å². The Bertz CT molecular complexity index is 416. The second kappa shape index (κ2) is 7.79. The van der Waals surface area contributed by atoms with Crippen molar-refractivity contribution in [2.75, 3.05) is 0 Å². The molecule has 0 unspecified atom stereocenters. The van der Waals surface area contributed by atoms with E-state index in [0.717, 1.165) is 25.7 Å². The van der Waals surface area contributed by atoms with Gasteiger partial charge in [0, 0.05) is 0 Å². The Morgan fingerprint density at radius 3 is 2.47 bits per heavy atom. The zero-order valence-electron chi connectivity index (χ0n) is 10.6. The predicted molar refractivity (Wildman–Crippen MR) is 75.0 cm³/mol. The predicted octanol–water partition coefficient (Wildman–Crippen LogP) is 3.34. The van der Waals surface area contributed by atoms with Crippen molar-refractivity contribution in [3.63, 3.8) is 0 Å². The van der Waals surface area contributed by atoms with Crippen LogP contribution in [0.25, 0.3) is 0 Å². The molecule has 1 aliphatic rings. The van der Waals surface area contributed by atoms with Crippen LogP contribution in [0.2, 0.25) is 0 Å². The molecule has 1 saturated carbocycles. The highest BCUT2D eigenvalue weighted by Crippen LogP contribution is 2.21. The zero-order valence-corrected chi connectivity index (χ0v) is 11.4. The summed E-state index contributed by atoms with van der Waals surface area (Å²) in [6.45, 7) is 0. The topological polar surface area (TPSA) is 59.4 Å². The van der Waals surface area contributed by atoms with Crippen LogP contribution >= 0.6 is 12.4 Å². The van der Waals surface area contributed by atoms with Gasteiger partial charge >= 0.3 is 5.97 Å². The number of benzene rings is 1. The van der Waals surface area contributed by atoms with Crippen molar-refractivity contribution >= 4 is 24.3 Å². The quantitative estimate of drug-likeness (QED) is 0.524. The summed E-state index contributed by atoms with van der Waals surface area (Å²) < 4.78 is 10.5. The molecule has 5 heteroatoms. The first-order valence-corrected chi connectivity index (χ1v) is 6.24. The van der Waals surface area contributed by atoms with Crippen LogP contribution in [0, 0.1) is 5.41 Å². The van der Waals surface area contributed by atoms with Crippen LogP contribution in [-0.2, 0) is 9.53 Å². The normalized spacial score (nSPS) is 14.5. The summed E-state index contributed by atoms with van der Waals surface area (Å²) in [7, 11) is 0. The Hall–Kier alpha value is -1.55. The average molecular weight is 284 g/mol. The summed E-state index contributed by atoms with van der Waals surface area (Å²) in [5.41, 5.74) is 0. The maximum Gasteiger partial charge on any atom is 0.315 e. The molecule has 0 radical (unpaired) electrons. The molecule has 0 spiro atoms. The van der Waals surface area contributed by atoms with E-state index in [1.165, 1.54) is 0 Å². The van der Waals surface area contributed by atoms with Crippen LogP contribution in [0.5, 0.6) is 5.75 Å². The Morgan fingerprint density at radius 2 is 1.84 bits per heavy atom. The fourth-order valence-electron chi connectivity index (χ4n) is 2.03. The van der Waals surface area contributed by atoms with Gasteiger partial charge in [-0.25, -0.2) is 0 Å². The fraction of sp³-hybridized carbons (Fsp3) is 0.429. The maximum atomic E-state index is 11.6. The highest BCUT2D eigenvalue weighted by Gasteiger charge is 2.20. The van der Waals surface area contributed by atoms with E-state index in [4.69, 9.17) is 14.9 Å². The molecular formula is C14H18ClNO3.